The highest BCUT2D eigenvalue weighted by Crippen LogP contribution is 2.27. The van der Waals surface area contributed by atoms with E-state index in [1.807, 2.05) is 43.3 Å². The lowest BCUT2D eigenvalue weighted by Gasteiger charge is -2.30. The highest BCUT2D eigenvalue weighted by Gasteiger charge is 2.18. The largest absolute Gasteiger partial charge is 0.369 e. The molecule has 4 nitrogen and oxygen atoms in total. The maximum atomic E-state index is 13.0. The molecule has 3 aromatic rings. The monoisotopic (exact) mass is 393 g/mol. The molecular formula is C23H24ClN3O. The van der Waals surface area contributed by atoms with Gasteiger partial charge in [0.2, 0.25) is 0 Å². The fourth-order valence-corrected chi connectivity index (χ4v) is 3.99. The first-order chi connectivity index (χ1) is 13.6. The van der Waals surface area contributed by atoms with Gasteiger partial charge in [0, 0.05) is 31.9 Å². The average molecular weight is 394 g/mol. The number of rotatable bonds is 4. The van der Waals surface area contributed by atoms with Crippen LogP contribution in [-0.2, 0) is 0 Å². The van der Waals surface area contributed by atoms with Gasteiger partial charge in [-0.05, 0) is 41.5 Å². The summed E-state index contributed by atoms with van der Waals surface area (Å²) in [6.45, 7) is 5.75. The number of carbonyl (C=O) groups is 1. The van der Waals surface area contributed by atoms with Crippen LogP contribution in [0.2, 0.25) is 5.02 Å². The van der Waals surface area contributed by atoms with Crippen LogP contribution in [0.25, 0.3) is 10.8 Å². The number of nitrogens with one attached hydrogen (secondary N) is 2. The summed E-state index contributed by atoms with van der Waals surface area (Å²) in [6.07, 6.45) is 0. The van der Waals surface area contributed by atoms with Gasteiger partial charge in [-0.2, -0.15) is 0 Å². The minimum Gasteiger partial charge on any atom is -0.369 e. The molecule has 0 radical (unpaired) electrons. The molecule has 1 unspecified atom stereocenters. The van der Waals surface area contributed by atoms with E-state index >= 15 is 0 Å². The fraction of sp³-hybridized carbons (Fsp3) is 0.261. The summed E-state index contributed by atoms with van der Waals surface area (Å²) in [5, 5.41) is 9.26. The summed E-state index contributed by atoms with van der Waals surface area (Å²) in [5.74, 6) is -0.151. The van der Waals surface area contributed by atoms with Gasteiger partial charge in [-0.3, -0.25) is 4.79 Å². The molecule has 0 saturated carbocycles. The van der Waals surface area contributed by atoms with E-state index in [9.17, 15) is 4.79 Å². The first-order valence-electron chi connectivity index (χ1n) is 9.67. The highest BCUT2D eigenvalue weighted by molar-refractivity contribution is 6.34. The van der Waals surface area contributed by atoms with Gasteiger partial charge in [0.05, 0.1) is 16.6 Å². The average Bonchev–Trinajstić information content (AvgIpc) is 2.74. The molecule has 0 bridgehead atoms. The minimum absolute atomic E-state index is 0.127. The van der Waals surface area contributed by atoms with Crippen molar-refractivity contribution >= 4 is 34.0 Å². The number of carbonyl (C=O) groups excluding carboxylic acids is 1. The third-order valence-electron chi connectivity index (χ3n) is 5.31. The maximum Gasteiger partial charge on any atom is 0.253 e. The number of anilines is 1. The van der Waals surface area contributed by atoms with Crippen molar-refractivity contribution in [2.75, 3.05) is 31.1 Å². The van der Waals surface area contributed by atoms with Crippen LogP contribution in [0.4, 0.5) is 5.69 Å². The van der Waals surface area contributed by atoms with Crippen molar-refractivity contribution in [3.63, 3.8) is 0 Å². The van der Waals surface area contributed by atoms with E-state index < -0.39 is 0 Å². The van der Waals surface area contributed by atoms with E-state index in [0.717, 1.165) is 42.8 Å². The Hall–Kier alpha value is -2.56. The zero-order valence-electron chi connectivity index (χ0n) is 15.9. The molecule has 4 rings (SSSR count). The molecule has 144 valence electrons. The first-order valence-corrected chi connectivity index (χ1v) is 10.0. The van der Waals surface area contributed by atoms with Crippen molar-refractivity contribution in [2.24, 2.45) is 0 Å². The number of nitrogens with zero attached hydrogens (tertiary/aromatic N) is 1. The van der Waals surface area contributed by atoms with E-state index in [1.54, 1.807) is 0 Å². The molecule has 1 atom stereocenters. The van der Waals surface area contributed by atoms with Crippen LogP contribution in [-0.4, -0.2) is 32.1 Å². The predicted octanol–water partition coefficient (Wildman–Crippen LogP) is 4.39. The number of piperazine rings is 1. The third-order valence-corrected chi connectivity index (χ3v) is 5.64. The van der Waals surface area contributed by atoms with Crippen LogP contribution in [0.3, 0.4) is 0 Å². The molecule has 0 aliphatic carbocycles. The van der Waals surface area contributed by atoms with Gasteiger partial charge in [0.1, 0.15) is 0 Å². The van der Waals surface area contributed by atoms with Gasteiger partial charge in [0.15, 0.2) is 0 Å². The van der Waals surface area contributed by atoms with Crippen LogP contribution >= 0.6 is 11.6 Å². The van der Waals surface area contributed by atoms with Gasteiger partial charge in [-0.25, -0.2) is 0 Å². The summed E-state index contributed by atoms with van der Waals surface area (Å²) in [5.41, 5.74) is 2.65. The minimum atomic E-state index is -0.151. The van der Waals surface area contributed by atoms with Crippen LogP contribution in [0.5, 0.6) is 0 Å². The molecular weight excluding hydrogens is 370 g/mol. The van der Waals surface area contributed by atoms with Gasteiger partial charge in [0.25, 0.3) is 5.91 Å². The SMILES string of the molecule is CC(NC(=O)c1cc(N2CCNCC2)ccc1Cl)c1cccc2ccccc12. The van der Waals surface area contributed by atoms with Crippen LogP contribution in [0.1, 0.15) is 28.9 Å². The smallest absolute Gasteiger partial charge is 0.253 e. The number of amides is 1. The Morgan fingerprint density at radius 1 is 1.07 bits per heavy atom. The van der Waals surface area contributed by atoms with E-state index in [1.165, 1.54) is 5.39 Å². The van der Waals surface area contributed by atoms with Crippen molar-refractivity contribution < 1.29 is 4.79 Å². The molecule has 1 fully saturated rings. The lowest BCUT2D eigenvalue weighted by Crippen LogP contribution is -2.43. The summed E-state index contributed by atoms with van der Waals surface area (Å²) < 4.78 is 0. The Labute approximate surface area is 170 Å². The lowest BCUT2D eigenvalue weighted by atomic mass is 9.99. The van der Waals surface area contributed by atoms with Gasteiger partial charge < -0.3 is 15.5 Å². The number of hydrogen-bond acceptors (Lipinski definition) is 3. The normalized spacial score (nSPS) is 15.4. The Bertz CT molecular complexity index is 993. The van der Waals surface area contributed by atoms with E-state index in [2.05, 4.69) is 39.8 Å². The molecule has 0 spiro atoms. The van der Waals surface area contributed by atoms with Crippen LogP contribution in [0, 0.1) is 0 Å². The Morgan fingerprint density at radius 2 is 1.82 bits per heavy atom. The molecule has 0 aromatic heterocycles. The summed E-state index contributed by atoms with van der Waals surface area (Å²) in [7, 11) is 0. The lowest BCUT2D eigenvalue weighted by molar-refractivity contribution is 0.0940. The van der Waals surface area contributed by atoms with Crippen molar-refractivity contribution in [2.45, 2.75) is 13.0 Å². The maximum absolute atomic E-state index is 13.0. The number of hydrogen-bond donors (Lipinski definition) is 2. The van der Waals surface area contributed by atoms with Crippen molar-refractivity contribution in [1.29, 1.82) is 0 Å². The van der Waals surface area contributed by atoms with E-state index in [-0.39, 0.29) is 11.9 Å². The quantitative estimate of drug-likeness (QED) is 0.690. The van der Waals surface area contributed by atoms with Gasteiger partial charge >= 0.3 is 0 Å². The van der Waals surface area contributed by atoms with Crippen molar-refractivity contribution in [1.82, 2.24) is 10.6 Å². The molecule has 2 N–H and O–H groups in total. The number of benzene rings is 3. The molecule has 1 aliphatic rings. The Morgan fingerprint density at radius 3 is 2.64 bits per heavy atom. The fourth-order valence-electron chi connectivity index (χ4n) is 3.79. The molecule has 1 heterocycles. The molecule has 3 aromatic carbocycles. The zero-order chi connectivity index (χ0) is 19.5. The summed E-state index contributed by atoms with van der Waals surface area (Å²) in [4.78, 5) is 15.3. The second kappa shape index (κ2) is 8.21. The van der Waals surface area contributed by atoms with Crippen LogP contribution in [0.15, 0.2) is 60.7 Å². The van der Waals surface area contributed by atoms with E-state index in [0.29, 0.717) is 10.6 Å². The predicted molar refractivity (Wildman–Crippen MR) is 116 cm³/mol. The molecule has 5 heteroatoms. The second-order valence-corrected chi connectivity index (χ2v) is 7.57. The molecule has 1 amide bonds. The van der Waals surface area contributed by atoms with Gasteiger partial charge in [-0.15, -0.1) is 0 Å². The Kier molecular flexibility index (Phi) is 5.51. The summed E-state index contributed by atoms with van der Waals surface area (Å²) >= 11 is 6.36. The standard InChI is InChI=1S/C23H24ClN3O/c1-16(19-8-4-6-17-5-2-3-7-20(17)19)26-23(28)21-15-18(9-10-22(21)24)27-13-11-25-12-14-27/h2-10,15-16,25H,11-14H2,1H3,(H,26,28). The van der Waals surface area contributed by atoms with Crippen molar-refractivity contribution in [3.05, 3.63) is 76.8 Å². The number of fused-ring (bicyclic) bond motifs is 1. The molecule has 1 saturated heterocycles. The zero-order valence-corrected chi connectivity index (χ0v) is 16.7. The van der Waals surface area contributed by atoms with E-state index in [4.69, 9.17) is 11.6 Å². The van der Waals surface area contributed by atoms with Crippen LogP contribution < -0.4 is 15.5 Å². The van der Waals surface area contributed by atoms with Crippen molar-refractivity contribution in [3.8, 4) is 0 Å². The highest BCUT2D eigenvalue weighted by atomic mass is 35.5. The second-order valence-electron chi connectivity index (χ2n) is 7.16. The third kappa shape index (κ3) is 3.84. The molecule has 1 aliphatic heterocycles. The summed E-state index contributed by atoms with van der Waals surface area (Å²) in [6, 6.07) is 20.0. The number of halogens is 1. The Balaban J connectivity index is 1.57. The first kappa shape index (κ1) is 18.8. The van der Waals surface area contributed by atoms with Gasteiger partial charge in [-0.1, -0.05) is 54.1 Å². The molecule has 28 heavy (non-hydrogen) atoms. The topological polar surface area (TPSA) is 44.4 Å².